The molecule has 4 rings (SSSR count). The van der Waals surface area contributed by atoms with Gasteiger partial charge in [0.05, 0.1) is 21.2 Å². The third kappa shape index (κ3) is 2.87. The summed E-state index contributed by atoms with van der Waals surface area (Å²) in [5.74, 6) is -1.23. The lowest BCUT2D eigenvalue weighted by Crippen LogP contribution is -2.35. The van der Waals surface area contributed by atoms with Gasteiger partial charge in [-0.05, 0) is 35.7 Å². The molecule has 1 aliphatic rings. The molecule has 0 saturated heterocycles. The number of rotatable bonds is 4. The quantitative estimate of drug-likeness (QED) is 0.682. The second-order valence-corrected chi connectivity index (χ2v) is 8.49. The Bertz CT molecular complexity index is 1250. The van der Waals surface area contributed by atoms with Crippen LogP contribution in [0.4, 0.5) is 11.4 Å². The number of nitrogens with one attached hydrogen (secondary N) is 1. The number of primary amides is 1. The maximum atomic E-state index is 12.9. The van der Waals surface area contributed by atoms with E-state index in [2.05, 4.69) is 5.32 Å². The lowest BCUT2D eigenvalue weighted by molar-refractivity contribution is -0.114. The minimum atomic E-state index is -3.83. The first-order chi connectivity index (χ1) is 13.3. The number of anilines is 2. The van der Waals surface area contributed by atoms with Crippen molar-refractivity contribution in [3.05, 3.63) is 65.2 Å². The van der Waals surface area contributed by atoms with E-state index in [9.17, 15) is 18.0 Å². The van der Waals surface area contributed by atoms with Crippen LogP contribution in [-0.2, 0) is 14.8 Å². The zero-order valence-electron chi connectivity index (χ0n) is 14.3. The van der Waals surface area contributed by atoms with E-state index in [0.29, 0.717) is 16.8 Å². The number of hydrogen-bond acceptors (Lipinski definition) is 4. The maximum absolute atomic E-state index is 12.9. The van der Waals surface area contributed by atoms with E-state index >= 15 is 0 Å². The molecule has 2 amide bonds. The van der Waals surface area contributed by atoms with Gasteiger partial charge in [0, 0.05) is 11.1 Å². The molecule has 142 valence electrons. The summed E-state index contributed by atoms with van der Waals surface area (Å²) in [4.78, 5) is 23.9. The van der Waals surface area contributed by atoms with Crippen molar-refractivity contribution in [3.8, 4) is 0 Å². The number of carbonyl (C=O) groups excluding carboxylic acids is 2. The highest BCUT2D eigenvalue weighted by molar-refractivity contribution is 7.93. The third-order valence-corrected chi connectivity index (χ3v) is 6.60. The number of carbonyl (C=O) groups is 2. The normalized spacial score (nSPS) is 14.2. The van der Waals surface area contributed by atoms with Crippen LogP contribution in [0, 0.1) is 0 Å². The van der Waals surface area contributed by atoms with Crippen LogP contribution in [-0.4, -0.2) is 26.8 Å². The van der Waals surface area contributed by atoms with Crippen molar-refractivity contribution in [2.24, 2.45) is 5.73 Å². The highest BCUT2D eigenvalue weighted by atomic mass is 35.5. The van der Waals surface area contributed by atoms with Gasteiger partial charge in [0.15, 0.2) is 0 Å². The Morgan fingerprint density at radius 1 is 1.07 bits per heavy atom. The van der Waals surface area contributed by atoms with Crippen molar-refractivity contribution in [1.82, 2.24) is 0 Å². The second kappa shape index (κ2) is 6.50. The summed E-state index contributed by atoms with van der Waals surface area (Å²) in [5.41, 5.74) is 6.12. The van der Waals surface area contributed by atoms with E-state index in [-0.39, 0.29) is 15.5 Å². The number of halogens is 1. The van der Waals surface area contributed by atoms with Gasteiger partial charge in [0.1, 0.15) is 6.54 Å². The van der Waals surface area contributed by atoms with Crippen LogP contribution in [0.15, 0.2) is 59.5 Å². The summed E-state index contributed by atoms with van der Waals surface area (Å²) < 4.78 is 26.9. The molecule has 0 radical (unpaired) electrons. The molecule has 0 aliphatic carbocycles. The van der Waals surface area contributed by atoms with Gasteiger partial charge in [0.25, 0.3) is 10.0 Å². The molecule has 0 aromatic heterocycles. The number of hydrogen-bond donors (Lipinski definition) is 2. The van der Waals surface area contributed by atoms with Gasteiger partial charge in [-0.15, -0.1) is 0 Å². The molecule has 3 aromatic carbocycles. The third-order valence-electron chi connectivity index (χ3n) is 4.49. The molecule has 1 aliphatic heterocycles. The Balaban J connectivity index is 1.62. The van der Waals surface area contributed by atoms with Crippen LogP contribution < -0.4 is 15.4 Å². The molecule has 7 nitrogen and oxygen atoms in total. The number of amides is 2. The standard InChI is InChI=1S/C19H14ClN3O4S/c20-14-9-12(7-8-13(14)19(21)25)22-17(24)10-23-15-5-1-3-11-4-2-6-16(18(11)15)28(23,26)27/h1-9H,10H2,(H2,21,25)(H,22,24). The largest absolute Gasteiger partial charge is 0.366 e. The maximum Gasteiger partial charge on any atom is 0.265 e. The smallest absolute Gasteiger partial charge is 0.265 e. The molecule has 28 heavy (non-hydrogen) atoms. The predicted octanol–water partition coefficient (Wildman–Crippen LogP) is 2.74. The van der Waals surface area contributed by atoms with E-state index in [0.717, 1.165) is 9.69 Å². The van der Waals surface area contributed by atoms with Gasteiger partial charge in [0.2, 0.25) is 11.8 Å². The number of sulfonamides is 1. The summed E-state index contributed by atoms with van der Waals surface area (Å²) in [6.07, 6.45) is 0. The van der Waals surface area contributed by atoms with Crippen LogP contribution in [0.25, 0.3) is 10.8 Å². The topological polar surface area (TPSA) is 110 Å². The highest BCUT2D eigenvalue weighted by Crippen LogP contribution is 2.41. The minimum absolute atomic E-state index is 0.0938. The number of nitrogens with zero attached hydrogens (tertiary/aromatic N) is 1. The average molecular weight is 416 g/mol. The van der Waals surface area contributed by atoms with Crippen molar-refractivity contribution in [3.63, 3.8) is 0 Å². The van der Waals surface area contributed by atoms with Crippen molar-refractivity contribution in [1.29, 1.82) is 0 Å². The molecule has 1 heterocycles. The minimum Gasteiger partial charge on any atom is -0.366 e. The molecular weight excluding hydrogens is 402 g/mol. The Morgan fingerprint density at radius 3 is 2.46 bits per heavy atom. The summed E-state index contributed by atoms with van der Waals surface area (Å²) in [6.45, 7) is -0.398. The van der Waals surface area contributed by atoms with Crippen molar-refractivity contribution < 1.29 is 18.0 Å². The molecule has 3 N–H and O–H groups in total. The van der Waals surface area contributed by atoms with Crippen LogP contribution in [0.1, 0.15) is 10.4 Å². The second-order valence-electron chi connectivity index (χ2n) is 6.25. The van der Waals surface area contributed by atoms with Gasteiger partial charge in [-0.1, -0.05) is 35.9 Å². The fourth-order valence-electron chi connectivity index (χ4n) is 3.25. The summed E-state index contributed by atoms with van der Waals surface area (Å²) in [7, 11) is -3.83. The summed E-state index contributed by atoms with van der Waals surface area (Å²) >= 11 is 5.98. The van der Waals surface area contributed by atoms with Gasteiger partial charge >= 0.3 is 0 Å². The van der Waals surface area contributed by atoms with Crippen molar-refractivity contribution in [2.75, 3.05) is 16.2 Å². The molecule has 0 saturated carbocycles. The SMILES string of the molecule is NC(=O)c1ccc(NC(=O)CN2c3cccc4cccc(c34)S2(=O)=O)cc1Cl. The number of nitrogens with two attached hydrogens (primary N) is 1. The van der Waals surface area contributed by atoms with Gasteiger partial charge in [-0.2, -0.15) is 0 Å². The van der Waals surface area contributed by atoms with Crippen LogP contribution in [0.3, 0.4) is 0 Å². The first-order valence-electron chi connectivity index (χ1n) is 8.23. The molecule has 0 fully saturated rings. The first kappa shape index (κ1) is 18.3. The van der Waals surface area contributed by atoms with Gasteiger partial charge in [-0.3, -0.25) is 13.9 Å². The van der Waals surface area contributed by atoms with Crippen LogP contribution >= 0.6 is 11.6 Å². The molecule has 3 aromatic rings. The lowest BCUT2D eigenvalue weighted by Gasteiger charge is -2.18. The Labute approximate surface area is 165 Å². The Morgan fingerprint density at radius 2 is 1.79 bits per heavy atom. The molecule has 0 atom stereocenters. The van der Waals surface area contributed by atoms with E-state index in [1.165, 1.54) is 24.3 Å². The van der Waals surface area contributed by atoms with Gasteiger partial charge < -0.3 is 11.1 Å². The fraction of sp³-hybridized carbons (Fsp3) is 0.0526. The van der Waals surface area contributed by atoms with E-state index in [1.807, 2.05) is 12.1 Å². The molecule has 0 bridgehead atoms. The monoisotopic (exact) mass is 415 g/mol. The molecular formula is C19H14ClN3O4S. The fourth-order valence-corrected chi connectivity index (χ4v) is 5.19. The molecule has 0 unspecified atom stereocenters. The van der Waals surface area contributed by atoms with Crippen molar-refractivity contribution >= 4 is 55.6 Å². The van der Waals surface area contributed by atoms with Crippen molar-refractivity contribution in [2.45, 2.75) is 4.90 Å². The van der Waals surface area contributed by atoms with E-state index in [1.54, 1.807) is 18.2 Å². The predicted molar refractivity (Wildman–Crippen MR) is 107 cm³/mol. The molecule has 0 spiro atoms. The van der Waals surface area contributed by atoms with Gasteiger partial charge in [-0.25, -0.2) is 8.42 Å². The van der Waals surface area contributed by atoms with Crippen LogP contribution in [0.2, 0.25) is 5.02 Å². The zero-order chi connectivity index (χ0) is 20.1. The van der Waals surface area contributed by atoms with Crippen LogP contribution in [0.5, 0.6) is 0 Å². The highest BCUT2D eigenvalue weighted by Gasteiger charge is 2.36. The van der Waals surface area contributed by atoms with E-state index in [4.69, 9.17) is 17.3 Å². The molecule has 9 heteroatoms. The average Bonchev–Trinajstić information content (AvgIpc) is 2.85. The Kier molecular flexibility index (Phi) is 4.24. The summed E-state index contributed by atoms with van der Waals surface area (Å²) in [5, 5.41) is 4.08. The first-order valence-corrected chi connectivity index (χ1v) is 10.0. The summed E-state index contributed by atoms with van der Waals surface area (Å²) in [6, 6.07) is 14.5. The van der Waals surface area contributed by atoms with E-state index < -0.39 is 28.4 Å². The zero-order valence-corrected chi connectivity index (χ0v) is 15.9. The Hall–Kier alpha value is -3.10. The lowest BCUT2D eigenvalue weighted by atomic mass is 10.1. The number of benzene rings is 3.